The van der Waals surface area contributed by atoms with E-state index in [1.165, 1.54) is 0 Å². The van der Waals surface area contributed by atoms with E-state index < -0.39 is 17.5 Å². The van der Waals surface area contributed by atoms with Crippen molar-refractivity contribution in [1.29, 1.82) is 0 Å². The van der Waals surface area contributed by atoms with Crippen molar-refractivity contribution in [2.24, 2.45) is 0 Å². The number of fused-ring (bicyclic) bond motifs is 2. The first-order chi connectivity index (χ1) is 24.6. The molecule has 1 unspecified atom stereocenters. The molecule has 1 atom stereocenters. The van der Waals surface area contributed by atoms with Crippen LogP contribution in [-0.2, 0) is 5.54 Å². The maximum atomic E-state index is 13.6. The van der Waals surface area contributed by atoms with Gasteiger partial charge in [-0.25, -0.2) is 9.67 Å². The van der Waals surface area contributed by atoms with E-state index >= 15 is 0 Å². The van der Waals surface area contributed by atoms with Crippen LogP contribution in [0, 0.1) is 6.92 Å². The zero-order chi connectivity index (χ0) is 34.1. The fraction of sp³-hybridized carbons (Fsp3) is 0.0952. The topological polar surface area (TPSA) is 109 Å². The maximum absolute atomic E-state index is 13.6. The third-order valence-electron chi connectivity index (χ3n) is 9.28. The Bertz CT molecular complexity index is 2330. The second-order valence-electron chi connectivity index (χ2n) is 12.4. The summed E-state index contributed by atoms with van der Waals surface area (Å²) < 4.78 is 2.11. The number of amides is 1. The summed E-state index contributed by atoms with van der Waals surface area (Å²) in [5, 5.41) is 19.5. The summed E-state index contributed by atoms with van der Waals surface area (Å²) in [7, 11) is 0. The molecule has 244 valence electrons. The van der Waals surface area contributed by atoms with Gasteiger partial charge in [0.05, 0.1) is 29.2 Å². The molecule has 3 aromatic heterocycles. The summed E-state index contributed by atoms with van der Waals surface area (Å²) in [6.45, 7) is 1.73. The summed E-state index contributed by atoms with van der Waals surface area (Å²) in [5.74, 6) is -0.252. The number of benzene rings is 5. The zero-order valence-electron chi connectivity index (χ0n) is 27.4. The molecule has 8 rings (SSSR count). The number of nitrogens with zero attached hydrogens (tertiary/aromatic N) is 4. The molecule has 3 N–H and O–H groups in total. The van der Waals surface area contributed by atoms with Crippen LogP contribution >= 0.6 is 0 Å². The average molecular weight is 655 g/mol. The lowest BCUT2D eigenvalue weighted by Gasteiger charge is -2.37. The van der Waals surface area contributed by atoms with E-state index in [0.717, 1.165) is 50.0 Å². The molecule has 0 aliphatic rings. The molecule has 1 amide bonds. The van der Waals surface area contributed by atoms with Crippen LogP contribution in [0.5, 0.6) is 0 Å². The number of H-pyrrole nitrogens is 1. The van der Waals surface area contributed by atoms with Crippen molar-refractivity contribution >= 4 is 27.8 Å². The second-order valence-corrected chi connectivity index (χ2v) is 12.4. The fourth-order valence-corrected chi connectivity index (χ4v) is 6.96. The van der Waals surface area contributed by atoms with Crippen LogP contribution in [0.25, 0.3) is 33.2 Å². The molecule has 8 heteroatoms. The van der Waals surface area contributed by atoms with Crippen LogP contribution in [0.15, 0.2) is 152 Å². The third kappa shape index (κ3) is 5.32. The van der Waals surface area contributed by atoms with Crippen LogP contribution in [0.4, 0.5) is 0 Å². The Morgan fingerprint density at radius 2 is 1.42 bits per heavy atom. The van der Waals surface area contributed by atoms with Gasteiger partial charge in [-0.3, -0.25) is 9.78 Å². The van der Waals surface area contributed by atoms with Gasteiger partial charge in [-0.15, -0.1) is 0 Å². The van der Waals surface area contributed by atoms with E-state index in [1.54, 1.807) is 12.4 Å². The van der Waals surface area contributed by atoms with Crippen molar-refractivity contribution in [2.45, 2.75) is 18.5 Å². The summed E-state index contributed by atoms with van der Waals surface area (Å²) in [6.07, 6.45) is 3.53. The van der Waals surface area contributed by atoms with Gasteiger partial charge in [-0.2, -0.15) is 5.10 Å². The minimum atomic E-state index is -0.872. The molecule has 0 radical (unpaired) electrons. The van der Waals surface area contributed by atoms with Gasteiger partial charge in [0.1, 0.15) is 11.2 Å². The number of pyridine rings is 1. The van der Waals surface area contributed by atoms with Crippen molar-refractivity contribution in [3.63, 3.8) is 0 Å². The number of hydrogen-bond donors (Lipinski definition) is 3. The highest BCUT2D eigenvalue weighted by molar-refractivity contribution is 6.03. The lowest BCUT2D eigenvalue weighted by Crippen LogP contribution is -2.38. The molecule has 5 aromatic carbocycles. The van der Waals surface area contributed by atoms with Crippen molar-refractivity contribution in [3.8, 4) is 11.3 Å². The van der Waals surface area contributed by atoms with Gasteiger partial charge in [0.25, 0.3) is 5.91 Å². The molecule has 0 aliphatic heterocycles. The van der Waals surface area contributed by atoms with E-state index in [4.69, 9.17) is 10.1 Å². The minimum Gasteiger partial charge on any atom is -0.394 e. The molecule has 0 aliphatic carbocycles. The predicted octanol–water partition coefficient (Wildman–Crippen LogP) is 7.59. The molecule has 0 bridgehead atoms. The highest BCUT2D eigenvalue weighted by atomic mass is 16.3. The zero-order valence-corrected chi connectivity index (χ0v) is 27.4. The molecular weight excluding hydrogens is 621 g/mol. The van der Waals surface area contributed by atoms with Gasteiger partial charge in [0.15, 0.2) is 5.82 Å². The van der Waals surface area contributed by atoms with Crippen LogP contribution in [0.1, 0.15) is 44.5 Å². The Balaban J connectivity index is 1.37. The average Bonchev–Trinajstić information content (AvgIpc) is 3.76. The third-order valence-corrected chi connectivity index (χ3v) is 9.28. The van der Waals surface area contributed by atoms with Crippen molar-refractivity contribution < 1.29 is 9.90 Å². The Kier molecular flexibility index (Phi) is 7.98. The number of rotatable bonds is 9. The quantitative estimate of drug-likeness (QED) is 0.139. The number of aryl methyl sites for hydroxylation is 1. The smallest absolute Gasteiger partial charge is 0.287 e. The summed E-state index contributed by atoms with van der Waals surface area (Å²) >= 11 is 0. The lowest BCUT2D eigenvalue weighted by atomic mass is 9.77. The molecule has 8 aromatic rings. The van der Waals surface area contributed by atoms with Gasteiger partial charge >= 0.3 is 0 Å². The number of nitrogens with one attached hydrogen (secondary N) is 2. The normalized spacial score (nSPS) is 12.3. The van der Waals surface area contributed by atoms with Crippen molar-refractivity contribution in [3.05, 3.63) is 186 Å². The molecule has 0 spiro atoms. The highest BCUT2D eigenvalue weighted by Gasteiger charge is 2.41. The Hall–Kier alpha value is -6.38. The number of aromatic amines is 1. The predicted molar refractivity (Wildman–Crippen MR) is 196 cm³/mol. The summed E-state index contributed by atoms with van der Waals surface area (Å²) in [6, 6.07) is 46.3. The lowest BCUT2D eigenvalue weighted by molar-refractivity contribution is 0.0907. The molecule has 0 saturated carbocycles. The first kappa shape index (κ1) is 30.9. The standard InChI is InChI=1S/C42H34N6O2/c1-28-12-11-13-30(24-28)37(27-49)46-41(50)40-44-35-25-34-38(26-36(35)45-40)48(47-39(34)29-20-22-43-23-21-29)42(31-14-5-2-6-15-31,32-16-7-3-8-17-32)33-18-9-4-10-19-33/h2-26,37,49H,27H2,1H3,(H,44,45)(H,46,50). The SMILES string of the molecule is Cc1cccc(C(CO)NC(=O)c2nc3cc4c(-c5ccncc5)nn(C(c5ccccc5)(c5ccccc5)c5ccccc5)c4cc3[nH]2)c1. The number of carbonyl (C=O) groups excluding carboxylic acids is 1. The monoisotopic (exact) mass is 654 g/mol. The molecule has 50 heavy (non-hydrogen) atoms. The fourth-order valence-electron chi connectivity index (χ4n) is 6.96. The van der Waals surface area contributed by atoms with Gasteiger partial charge in [0.2, 0.25) is 0 Å². The highest BCUT2D eigenvalue weighted by Crippen LogP contribution is 2.44. The molecular formula is C42H34N6O2. The van der Waals surface area contributed by atoms with E-state index in [-0.39, 0.29) is 12.4 Å². The maximum Gasteiger partial charge on any atom is 0.287 e. The first-order valence-corrected chi connectivity index (χ1v) is 16.5. The van der Waals surface area contributed by atoms with Gasteiger partial charge in [-0.05, 0) is 53.4 Å². The summed E-state index contributed by atoms with van der Waals surface area (Å²) in [4.78, 5) is 25.9. The van der Waals surface area contributed by atoms with E-state index in [1.807, 2.05) is 73.7 Å². The van der Waals surface area contributed by atoms with E-state index in [2.05, 4.69) is 92.8 Å². The first-order valence-electron chi connectivity index (χ1n) is 16.5. The van der Waals surface area contributed by atoms with Crippen LogP contribution in [-0.4, -0.2) is 42.4 Å². The Morgan fingerprint density at radius 3 is 2.00 bits per heavy atom. The van der Waals surface area contributed by atoms with Gasteiger partial charge < -0.3 is 15.4 Å². The van der Waals surface area contributed by atoms with Crippen LogP contribution in [0.2, 0.25) is 0 Å². The Labute approximate surface area is 289 Å². The van der Waals surface area contributed by atoms with E-state index in [9.17, 15) is 9.90 Å². The number of aliphatic hydroxyl groups excluding tert-OH is 1. The van der Waals surface area contributed by atoms with Crippen molar-refractivity contribution in [1.82, 2.24) is 30.0 Å². The molecule has 3 heterocycles. The Morgan fingerprint density at radius 1 is 0.800 bits per heavy atom. The van der Waals surface area contributed by atoms with E-state index in [0.29, 0.717) is 11.0 Å². The van der Waals surface area contributed by atoms with Crippen molar-refractivity contribution in [2.75, 3.05) is 6.61 Å². The van der Waals surface area contributed by atoms with Crippen LogP contribution in [0.3, 0.4) is 0 Å². The van der Waals surface area contributed by atoms with Gasteiger partial charge in [0, 0.05) is 23.3 Å². The number of imidazole rings is 1. The number of aromatic nitrogens is 5. The summed E-state index contributed by atoms with van der Waals surface area (Å²) in [5.41, 5.74) is 7.95. The molecule has 8 nitrogen and oxygen atoms in total. The number of carbonyl (C=O) groups is 1. The number of aliphatic hydroxyl groups is 1. The largest absolute Gasteiger partial charge is 0.394 e. The minimum absolute atomic E-state index is 0.157. The molecule has 0 saturated heterocycles. The number of hydrogen-bond acceptors (Lipinski definition) is 5. The molecule has 0 fully saturated rings. The van der Waals surface area contributed by atoms with Crippen LogP contribution < -0.4 is 5.32 Å². The van der Waals surface area contributed by atoms with Gasteiger partial charge in [-0.1, -0.05) is 121 Å². The second kappa shape index (κ2) is 12.9.